The number of nitrogens with zero attached hydrogens (tertiary/aromatic N) is 6. The average Bonchev–Trinajstić information content (AvgIpc) is 2.95. The van der Waals surface area contributed by atoms with Gasteiger partial charge in [-0.2, -0.15) is 5.10 Å². The first-order valence-corrected chi connectivity index (χ1v) is 7.31. The Kier molecular flexibility index (Phi) is 4.75. The zero-order valence-corrected chi connectivity index (χ0v) is 14.2. The van der Waals surface area contributed by atoms with Gasteiger partial charge in [0.25, 0.3) is 0 Å². The summed E-state index contributed by atoms with van der Waals surface area (Å²) in [6.45, 7) is 5.10. The molecule has 0 aliphatic carbocycles. The Morgan fingerprint density at radius 3 is 2.62 bits per heavy atom. The van der Waals surface area contributed by atoms with E-state index in [-0.39, 0.29) is 6.10 Å². The second kappa shape index (κ2) is 6.37. The lowest BCUT2D eigenvalue weighted by molar-refractivity contribution is -0.0197. The van der Waals surface area contributed by atoms with Crippen molar-refractivity contribution >= 4 is 28.7 Å². The minimum atomic E-state index is -0.772. The van der Waals surface area contributed by atoms with Crippen LogP contribution in [0.15, 0.2) is 6.20 Å². The Balaban J connectivity index is 2.11. The van der Waals surface area contributed by atoms with Gasteiger partial charge in [0.15, 0.2) is 0 Å². The number of rotatable bonds is 4. The minimum absolute atomic E-state index is 0.250. The van der Waals surface area contributed by atoms with Crippen LogP contribution in [0.1, 0.15) is 27.0 Å². The number of ether oxygens (including phenoxy) is 2. The van der Waals surface area contributed by atoms with Crippen LogP contribution < -0.4 is 0 Å². The van der Waals surface area contributed by atoms with E-state index in [0.29, 0.717) is 5.82 Å². The van der Waals surface area contributed by atoms with Crippen LogP contribution in [0.3, 0.4) is 0 Å². The summed E-state index contributed by atoms with van der Waals surface area (Å²) in [5.41, 5.74) is 0.749. The van der Waals surface area contributed by atoms with E-state index in [0.717, 1.165) is 9.26 Å². The fraction of sp³-hybridized carbons (Fsp3) is 0.545. The SMILES string of the molecule is CC(C)OC(=O)OC(C)n1nnc(-c2c(I)cnn2C)n1. The molecule has 0 radical (unpaired) electrons. The Hall–Kier alpha value is -1.72. The minimum Gasteiger partial charge on any atom is -0.432 e. The van der Waals surface area contributed by atoms with Crippen LogP contribution in [-0.4, -0.2) is 42.2 Å². The maximum absolute atomic E-state index is 11.4. The molecule has 0 bridgehead atoms. The first kappa shape index (κ1) is 15.7. The molecule has 21 heavy (non-hydrogen) atoms. The van der Waals surface area contributed by atoms with E-state index in [1.165, 1.54) is 4.80 Å². The van der Waals surface area contributed by atoms with Crippen molar-refractivity contribution in [1.29, 1.82) is 0 Å². The number of hydrogen-bond donors (Lipinski definition) is 0. The Morgan fingerprint density at radius 2 is 2.05 bits per heavy atom. The number of hydrogen-bond acceptors (Lipinski definition) is 7. The normalized spacial score (nSPS) is 12.5. The molecule has 2 heterocycles. The monoisotopic (exact) mass is 406 g/mol. The quantitative estimate of drug-likeness (QED) is 0.564. The van der Waals surface area contributed by atoms with Gasteiger partial charge in [-0.25, -0.2) is 4.79 Å². The van der Waals surface area contributed by atoms with E-state index < -0.39 is 12.4 Å². The highest BCUT2D eigenvalue weighted by Gasteiger charge is 2.19. The number of halogens is 1. The molecule has 9 nitrogen and oxygen atoms in total. The molecule has 0 amide bonds. The predicted molar refractivity (Wildman–Crippen MR) is 80.1 cm³/mol. The second-order valence-electron chi connectivity index (χ2n) is 4.53. The molecule has 2 aromatic heterocycles. The van der Waals surface area contributed by atoms with Gasteiger partial charge in [-0.1, -0.05) is 0 Å². The van der Waals surface area contributed by atoms with Crippen molar-refractivity contribution in [2.24, 2.45) is 7.05 Å². The fourth-order valence-electron chi connectivity index (χ4n) is 1.54. The van der Waals surface area contributed by atoms with Crippen molar-refractivity contribution in [3.63, 3.8) is 0 Å². The van der Waals surface area contributed by atoms with Crippen LogP contribution in [0.25, 0.3) is 11.5 Å². The van der Waals surface area contributed by atoms with E-state index in [9.17, 15) is 4.79 Å². The number of aromatic nitrogens is 6. The number of aryl methyl sites for hydroxylation is 1. The van der Waals surface area contributed by atoms with Crippen LogP contribution in [0.5, 0.6) is 0 Å². The largest absolute Gasteiger partial charge is 0.510 e. The zero-order chi connectivity index (χ0) is 15.6. The lowest BCUT2D eigenvalue weighted by atomic mass is 10.4. The predicted octanol–water partition coefficient (Wildman–Crippen LogP) is 1.76. The van der Waals surface area contributed by atoms with Crippen molar-refractivity contribution in [2.75, 3.05) is 0 Å². The van der Waals surface area contributed by atoms with Gasteiger partial charge in [0.2, 0.25) is 12.1 Å². The second-order valence-corrected chi connectivity index (χ2v) is 5.69. The first-order valence-electron chi connectivity index (χ1n) is 6.23. The third-order valence-electron chi connectivity index (χ3n) is 2.46. The molecular weight excluding hydrogens is 391 g/mol. The smallest absolute Gasteiger partial charge is 0.432 e. The highest BCUT2D eigenvalue weighted by atomic mass is 127. The van der Waals surface area contributed by atoms with Crippen LogP contribution in [-0.2, 0) is 16.5 Å². The van der Waals surface area contributed by atoms with Crippen LogP contribution in [0, 0.1) is 3.57 Å². The van der Waals surface area contributed by atoms with Crippen molar-refractivity contribution in [1.82, 2.24) is 30.0 Å². The molecule has 2 rings (SSSR count). The van der Waals surface area contributed by atoms with E-state index in [4.69, 9.17) is 9.47 Å². The van der Waals surface area contributed by atoms with Gasteiger partial charge in [0.1, 0.15) is 5.69 Å². The summed E-state index contributed by atoms with van der Waals surface area (Å²) in [6.07, 6.45) is -0.0360. The standard InChI is InChI=1S/C11H15IN6O3/c1-6(2)20-11(19)21-7(3)18-15-10(14-16-18)9-8(12)5-13-17(9)4/h5-7H,1-4H3. The molecule has 0 saturated heterocycles. The first-order chi connectivity index (χ1) is 9.88. The maximum atomic E-state index is 11.4. The molecule has 0 N–H and O–H groups in total. The topological polar surface area (TPSA) is 97.0 Å². The number of carbonyl (C=O) groups is 1. The summed E-state index contributed by atoms with van der Waals surface area (Å²) in [7, 11) is 1.79. The summed E-state index contributed by atoms with van der Waals surface area (Å²) in [4.78, 5) is 12.6. The molecule has 1 atom stereocenters. The summed E-state index contributed by atoms with van der Waals surface area (Å²) in [5.74, 6) is 0.409. The number of tetrazole rings is 1. The summed E-state index contributed by atoms with van der Waals surface area (Å²) < 4.78 is 12.5. The molecule has 0 spiro atoms. The van der Waals surface area contributed by atoms with Gasteiger partial charge in [0.05, 0.1) is 15.9 Å². The molecule has 0 aliphatic rings. The number of carbonyl (C=O) groups excluding carboxylic acids is 1. The molecule has 0 aromatic carbocycles. The zero-order valence-electron chi connectivity index (χ0n) is 12.0. The van der Waals surface area contributed by atoms with Crippen molar-refractivity contribution < 1.29 is 14.3 Å². The Bertz CT molecular complexity index is 618. The van der Waals surface area contributed by atoms with Crippen LogP contribution >= 0.6 is 22.6 Å². The van der Waals surface area contributed by atoms with Gasteiger partial charge in [0, 0.05) is 7.05 Å². The summed E-state index contributed by atoms with van der Waals surface area (Å²) in [6, 6.07) is 0. The molecular formula is C11H15IN6O3. The van der Waals surface area contributed by atoms with Crippen molar-refractivity contribution in [3.05, 3.63) is 9.77 Å². The molecule has 0 fully saturated rings. The average molecular weight is 406 g/mol. The van der Waals surface area contributed by atoms with Gasteiger partial charge in [-0.15, -0.1) is 15.0 Å². The summed E-state index contributed by atoms with van der Waals surface area (Å²) in [5, 5.41) is 16.2. The fourth-order valence-corrected chi connectivity index (χ4v) is 2.26. The lowest BCUT2D eigenvalue weighted by Crippen LogP contribution is -2.20. The maximum Gasteiger partial charge on any atom is 0.510 e. The third-order valence-corrected chi connectivity index (χ3v) is 3.25. The molecule has 0 saturated carbocycles. The molecule has 1 unspecified atom stereocenters. The third kappa shape index (κ3) is 3.68. The Morgan fingerprint density at radius 1 is 1.33 bits per heavy atom. The van der Waals surface area contributed by atoms with Gasteiger partial charge >= 0.3 is 6.16 Å². The van der Waals surface area contributed by atoms with Crippen molar-refractivity contribution in [3.8, 4) is 11.5 Å². The van der Waals surface area contributed by atoms with E-state index in [1.54, 1.807) is 38.7 Å². The van der Waals surface area contributed by atoms with Crippen LogP contribution in [0.2, 0.25) is 0 Å². The molecule has 114 valence electrons. The van der Waals surface area contributed by atoms with Crippen molar-refractivity contribution in [2.45, 2.75) is 33.1 Å². The van der Waals surface area contributed by atoms with Gasteiger partial charge in [-0.05, 0) is 48.6 Å². The van der Waals surface area contributed by atoms with Gasteiger partial charge in [-0.3, -0.25) is 4.68 Å². The van der Waals surface area contributed by atoms with Crippen LogP contribution in [0.4, 0.5) is 4.79 Å². The highest BCUT2D eigenvalue weighted by Crippen LogP contribution is 2.20. The van der Waals surface area contributed by atoms with E-state index in [1.807, 2.05) is 0 Å². The van der Waals surface area contributed by atoms with Gasteiger partial charge < -0.3 is 9.47 Å². The molecule has 2 aromatic rings. The van der Waals surface area contributed by atoms with E-state index >= 15 is 0 Å². The Labute approximate surface area is 134 Å². The lowest BCUT2D eigenvalue weighted by Gasteiger charge is -2.12. The van der Waals surface area contributed by atoms with E-state index in [2.05, 4.69) is 43.1 Å². The molecule has 10 heteroatoms. The molecule has 0 aliphatic heterocycles. The highest BCUT2D eigenvalue weighted by molar-refractivity contribution is 14.1. The summed E-state index contributed by atoms with van der Waals surface area (Å²) >= 11 is 2.14.